The average molecular weight is 312 g/mol. The van der Waals surface area contributed by atoms with Crippen LogP contribution in [-0.2, 0) is 16.1 Å². The Morgan fingerprint density at radius 1 is 1.30 bits per heavy atom. The number of aromatic nitrogens is 2. The van der Waals surface area contributed by atoms with Crippen molar-refractivity contribution in [2.24, 2.45) is 0 Å². The molecule has 0 radical (unpaired) electrons. The third-order valence-corrected chi connectivity index (χ3v) is 4.93. The molecule has 120 valence electrons. The number of hydrogen-bond acceptors (Lipinski definition) is 3. The minimum Gasteiger partial charge on any atom is -0.329 e. The summed E-state index contributed by atoms with van der Waals surface area (Å²) in [7, 11) is 0. The lowest BCUT2D eigenvalue weighted by atomic mass is 10.1. The first-order valence-corrected chi connectivity index (χ1v) is 8.10. The topological polar surface area (TPSA) is 57.9 Å². The van der Waals surface area contributed by atoms with Crippen LogP contribution in [0.5, 0.6) is 0 Å². The minimum absolute atomic E-state index is 0.0582. The highest BCUT2D eigenvalue weighted by molar-refractivity contribution is 5.97. The standard InChI is InChI=1S/C17H20N4O2/c1-11-5-7-19-9-13(18-15(19)8-11)10-21-12(2)16(22)20-6-3-4-14(20)17(21)23/h5,7-9,12,14H,3-4,6,10H2,1-2H3/t12-,14-/m0/s1. The van der Waals surface area contributed by atoms with Crippen LogP contribution in [0.4, 0.5) is 0 Å². The van der Waals surface area contributed by atoms with Crippen molar-refractivity contribution in [2.75, 3.05) is 6.54 Å². The molecule has 0 bridgehead atoms. The summed E-state index contributed by atoms with van der Waals surface area (Å²) < 4.78 is 1.95. The third-order valence-electron chi connectivity index (χ3n) is 4.93. The molecule has 0 N–H and O–H groups in total. The molecule has 0 aliphatic carbocycles. The van der Waals surface area contributed by atoms with Gasteiger partial charge < -0.3 is 14.2 Å². The van der Waals surface area contributed by atoms with Crippen molar-refractivity contribution < 1.29 is 9.59 Å². The number of carbonyl (C=O) groups excluding carboxylic acids is 2. The highest BCUT2D eigenvalue weighted by Crippen LogP contribution is 2.27. The lowest BCUT2D eigenvalue weighted by Gasteiger charge is -2.40. The van der Waals surface area contributed by atoms with Crippen LogP contribution in [-0.4, -0.2) is 49.6 Å². The molecule has 2 aliphatic heterocycles. The molecule has 2 fully saturated rings. The van der Waals surface area contributed by atoms with Crippen LogP contribution in [0.15, 0.2) is 24.5 Å². The van der Waals surface area contributed by atoms with Gasteiger partial charge in [-0.1, -0.05) is 0 Å². The number of imidazole rings is 1. The van der Waals surface area contributed by atoms with Crippen LogP contribution < -0.4 is 0 Å². The zero-order chi connectivity index (χ0) is 16.1. The molecule has 2 aromatic heterocycles. The van der Waals surface area contributed by atoms with Crippen LogP contribution in [0.3, 0.4) is 0 Å². The molecule has 0 unspecified atom stereocenters. The van der Waals surface area contributed by atoms with E-state index in [1.165, 1.54) is 0 Å². The first-order valence-electron chi connectivity index (χ1n) is 8.10. The number of hydrogen-bond donors (Lipinski definition) is 0. The summed E-state index contributed by atoms with van der Waals surface area (Å²) >= 11 is 0. The number of amides is 2. The molecule has 2 amide bonds. The average Bonchev–Trinajstić information content (AvgIpc) is 3.15. The number of piperazine rings is 1. The van der Waals surface area contributed by atoms with Gasteiger partial charge in [0.25, 0.3) is 0 Å². The zero-order valence-corrected chi connectivity index (χ0v) is 13.4. The third kappa shape index (κ3) is 2.20. The number of nitrogens with zero attached hydrogens (tertiary/aromatic N) is 4. The SMILES string of the molecule is Cc1ccn2cc(CN3C(=O)[C@@H]4CCCN4C(=O)[C@@H]3C)nc2c1. The highest BCUT2D eigenvalue weighted by atomic mass is 16.2. The molecule has 2 atom stereocenters. The second-order valence-corrected chi connectivity index (χ2v) is 6.53. The molecule has 2 aliphatic rings. The minimum atomic E-state index is -0.414. The maximum atomic E-state index is 12.7. The number of rotatable bonds is 2. The van der Waals surface area contributed by atoms with E-state index in [1.807, 2.05) is 42.8 Å². The fourth-order valence-electron chi connectivity index (χ4n) is 3.64. The predicted molar refractivity (Wildman–Crippen MR) is 84.7 cm³/mol. The summed E-state index contributed by atoms with van der Waals surface area (Å²) in [5.74, 6) is 0.120. The van der Waals surface area contributed by atoms with E-state index in [-0.39, 0.29) is 17.9 Å². The Labute approximate surface area is 134 Å². The number of pyridine rings is 1. The molecular formula is C17H20N4O2. The molecule has 4 rings (SSSR count). The van der Waals surface area contributed by atoms with Crippen LogP contribution in [0.2, 0.25) is 0 Å². The van der Waals surface area contributed by atoms with Crippen molar-refractivity contribution in [2.45, 2.75) is 45.3 Å². The number of aryl methyl sites for hydroxylation is 1. The summed E-state index contributed by atoms with van der Waals surface area (Å²) in [5, 5.41) is 0. The van der Waals surface area contributed by atoms with Gasteiger partial charge in [-0.2, -0.15) is 0 Å². The second-order valence-electron chi connectivity index (χ2n) is 6.53. The van der Waals surface area contributed by atoms with Gasteiger partial charge in [-0.05, 0) is 44.4 Å². The molecule has 2 aromatic rings. The van der Waals surface area contributed by atoms with E-state index < -0.39 is 6.04 Å². The molecule has 0 saturated carbocycles. The first-order chi connectivity index (χ1) is 11.0. The van der Waals surface area contributed by atoms with E-state index in [2.05, 4.69) is 4.98 Å². The van der Waals surface area contributed by atoms with Crippen molar-refractivity contribution in [3.63, 3.8) is 0 Å². The Morgan fingerprint density at radius 3 is 2.96 bits per heavy atom. The van der Waals surface area contributed by atoms with Crippen molar-refractivity contribution in [3.05, 3.63) is 35.8 Å². The summed E-state index contributed by atoms with van der Waals surface area (Å²) in [6.07, 6.45) is 5.58. The van der Waals surface area contributed by atoms with Gasteiger partial charge in [0, 0.05) is 18.9 Å². The lowest BCUT2D eigenvalue weighted by Crippen LogP contribution is -2.61. The van der Waals surface area contributed by atoms with Crippen LogP contribution in [0, 0.1) is 6.92 Å². The monoisotopic (exact) mass is 312 g/mol. The Bertz CT molecular complexity index is 797. The molecule has 0 aromatic carbocycles. The number of carbonyl (C=O) groups is 2. The van der Waals surface area contributed by atoms with Gasteiger partial charge in [-0.15, -0.1) is 0 Å². The van der Waals surface area contributed by atoms with Gasteiger partial charge in [0.2, 0.25) is 11.8 Å². The summed E-state index contributed by atoms with van der Waals surface area (Å²) in [5.41, 5.74) is 2.83. The Morgan fingerprint density at radius 2 is 2.13 bits per heavy atom. The fraction of sp³-hybridized carbons (Fsp3) is 0.471. The van der Waals surface area contributed by atoms with Crippen molar-refractivity contribution in [1.29, 1.82) is 0 Å². The van der Waals surface area contributed by atoms with Crippen LogP contribution in [0.25, 0.3) is 5.65 Å². The van der Waals surface area contributed by atoms with Crippen molar-refractivity contribution >= 4 is 17.5 Å². The Balaban J connectivity index is 1.63. The first kappa shape index (κ1) is 14.2. The fourth-order valence-corrected chi connectivity index (χ4v) is 3.64. The molecule has 4 heterocycles. The molecular weight excluding hydrogens is 292 g/mol. The highest BCUT2D eigenvalue weighted by Gasteiger charge is 2.45. The molecule has 6 heteroatoms. The molecule has 23 heavy (non-hydrogen) atoms. The van der Waals surface area contributed by atoms with Gasteiger partial charge >= 0.3 is 0 Å². The summed E-state index contributed by atoms with van der Waals surface area (Å²) in [6, 6.07) is 3.35. The van der Waals surface area contributed by atoms with E-state index >= 15 is 0 Å². The van der Waals surface area contributed by atoms with Crippen LogP contribution in [0.1, 0.15) is 31.0 Å². The maximum absolute atomic E-state index is 12.7. The summed E-state index contributed by atoms with van der Waals surface area (Å²) in [4.78, 5) is 33.2. The quantitative estimate of drug-likeness (QED) is 0.841. The largest absolute Gasteiger partial charge is 0.329 e. The van der Waals surface area contributed by atoms with E-state index in [9.17, 15) is 9.59 Å². The van der Waals surface area contributed by atoms with Gasteiger partial charge in [0.15, 0.2) is 0 Å². The number of fused-ring (bicyclic) bond motifs is 2. The smallest absolute Gasteiger partial charge is 0.246 e. The van der Waals surface area contributed by atoms with E-state index in [0.717, 1.165) is 29.7 Å². The normalized spacial score (nSPS) is 24.6. The summed E-state index contributed by atoms with van der Waals surface area (Å²) in [6.45, 7) is 4.94. The maximum Gasteiger partial charge on any atom is 0.246 e. The zero-order valence-electron chi connectivity index (χ0n) is 13.4. The van der Waals surface area contributed by atoms with Crippen molar-refractivity contribution in [3.8, 4) is 0 Å². The van der Waals surface area contributed by atoms with Crippen molar-refractivity contribution in [1.82, 2.24) is 19.2 Å². The van der Waals surface area contributed by atoms with E-state index in [0.29, 0.717) is 13.1 Å². The van der Waals surface area contributed by atoms with Gasteiger partial charge in [-0.25, -0.2) is 4.98 Å². The second kappa shape index (κ2) is 5.08. The molecule has 2 saturated heterocycles. The lowest BCUT2D eigenvalue weighted by molar-refractivity contribution is -0.159. The van der Waals surface area contributed by atoms with Gasteiger partial charge in [-0.3, -0.25) is 9.59 Å². The van der Waals surface area contributed by atoms with Gasteiger partial charge in [0.1, 0.15) is 17.7 Å². The molecule has 0 spiro atoms. The van der Waals surface area contributed by atoms with Crippen LogP contribution >= 0.6 is 0 Å². The van der Waals surface area contributed by atoms with Gasteiger partial charge in [0.05, 0.1) is 12.2 Å². The van der Waals surface area contributed by atoms with E-state index in [1.54, 1.807) is 9.80 Å². The Kier molecular flexibility index (Phi) is 3.14. The predicted octanol–water partition coefficient (Wildman–Crippen LogP) is 1.36. The van der Waals surface area contributed by atoms with E-state index in [4.69, 9.17) is 0 Å². The molecule has 6 nitrogen and oxygen atoms in total. The Hall–Kier alpha value is -2.37.